The summed E-state index contributed by atoms with van der Waals surface area (Å²) in [5.41, 5.74) is -1.38. The fraction of sp³-hybridized carbons (Fsp3) is 0.583. The van der Waals surface area contributed by atoms with Crippen molar-refractivity contribution in [3.8, 4) is 5.88 Å². The Balaban J connectivity index is 2.58. The molecule has 0 radical (unpaired) electrons. The predicted octanol–water partition coefficient (Wildman–Crippen LogP) is 0.408. The summed E-state index contributed by atoms with van der Waals surface area (Å²) in [6.45, 7) is 2.08. The summed E-state index contributed by atoms with van der Waals surface area (Å²) < 4.78 is 10.2. The molecule has 0 spiro atoms. The minimum atomic E-state index is -1.69. The molecular weight excluding hydrogens is 282 g/mol. The Morgan fingerprint density at radius 2 is 2.10 bits per heavy atom. The zero-order chi connectivity index (χ0) is 14.9. The fourth-order valence-electron chi connectivity index (χ4n) is 2.13. The Kier molecular flexibility index (Phi) is 4.17. The van der Waals surface area contributed by atoms with Gasteiger partial charge >= 0.3 is 0 Å². The van der Waals surface area contributed by atoms with Gasteiger partial charge in [0.15, 0.2) is 16.6 Å². The van der Waals surface area contributed by atoms with Gasteiger partial charge in [0.2, 0.25) is 5.88 Å². The molecule has 0 aliphatic carbocycles. The minimum Gasteiger partial charge on any atom is -0.481 e. The van der Waals surface area contributed by atoms with Crippen molar-refractivity contribution >= 4 is 23.5 Å². The molecule has 1 aliphatic heterocycles. The SMILES string of the molecule is COCCN1C(=O)C(C)(O)c2c(OC)nc(SC)nc21. The Morgan fingerprint density at radius 1 is 1.40 bits per heavy atom. The maximum absolute atomic E-state index is 12.3. The number of aromatic nitrogens is 2. The van der Waals surface area contributed by atoms with Gasteiger partial charge < -0.3 is 14.6 Å². The van der Waals surface area contributed by atoms with Gasteiger partial charge in [0.25, 0.3) is 5.91 Å². The number of nitrogens with zero attached hydrogens (tertiary/aromatic N) is 3. The molecule has 2 heterocycles. The van der Waals surface area contributed by atoms with E-state index in [2.05, 4.69) is 9.97 Å². The number of rotatable bonds is 5. The Bertz CT molecular complexity index is 536. The molecule has 1 unspecified atom stereocenters. The Labute approximate surface area is 121 Å². The molecule has 0 bridgehead atoms. The van der Waals surface area contributed by atoms with Crippen LogP contribution >= 0.6 is 11.8 Å². The van der Waals surface area contributed by atoms with Gasteiger partial charge in [-0.05, 0) is 13.2 Å². The zero-order valence-corrected chi connectivity index (χ0v) is 12.7. The van der Waals surface area contributed by atoms with Crippen LogP contribution in [0.15, 0.2) is 5.16 Å². The number of amides is 1. The van der Waals surface area contributed by atoms with E-state index in [1.807, 2.05) is 6.26 Å². The molecule has 8 heteroatoms. The third-order valence-corrected chi connectivity index (χ3v) is 3.68. The highest BCUT2D eigenvalue weighted by molar-refractivity contribution is 7.98. The molecule has 1 atom stereocenters. The number of carbonyl (C=O) groups is 1. The molecule has 1 aromatic heterocycles. The lowest BCUT2D eigenvalue weighted by molar-refractivity contribution is -0.134. The van der Waals surface area contributed by atoms with Gasteiger partial charge in [0.05, 0.1) is 25.8 Å². The highest BCUT2D eigenvalue weighted by atomic mass is 32.2. The van der Waals surface area contributed by atoms with E-state index in [1.165, 1.54) is 30.7 Å². The van der Waals surface area contributed by atoms with Crippen molar-refractivity contribution < 1.29 is 19.4 Å². The van der Waals surface area contributed by atoms with Gasteiger partial charge in [-0.2, -0.15) is 4.98 Å². The number of ether oxygens (including phenoxy) is 2. The van der Waals surface area contributed by atoms with Gasteiger partial charge in [0.1, 0.15) is 0 Å². The van der Waals surface area contributed by atoms with Gasteiger partial charge in [-0.15, -0.1) is 0 Å². The van der Waals surface area contributed by atoms with Gasteiger partial charge in [-0.25, -0.2) is 4.98 Å². The molecule has 2 rings (SSSR count). The van der Waals surface area contributed by atoms with Crippen LogP contribution in [0.1, 0.15) is 12.5 Å². The smallest absolute Gasteiger partial charge is 0.264 e. The third kappa shape index (κ3) is 2.23. The van der Waals surface area contributed by atoms with Crippen molar-refractivity contribution in [2.45, 2.75) is 17.7 Å². The maximum Gasteiger partial charge on any atom is 0.264 e. The van der Waals surface area contributed by atoms with E-state index >= 15 is 0 Å². The quantitative estimate of drug-likeness (QED) is 0.622. The summed E-state index contributed by atoms with van der Waals surface area (Å²) in [6, 6.07) is 0. The predicted molar refractivity (Wildman–Crippen MR) is 74.2 cm³/mol. The van der Waals surface area contributed by atoms with Crippen LogP contribution in [0.5, 0.6) is 5.88 Å². The van der Waals surface area contributed by atoms with Gasteiger partial charge in [-0.1, -0.05) is 11.8 Å². The first-order chi connectivity index (χ1) is 9.47. The van der Waals surface area contributed by atoms with Gasteiger partial charge in [0, 0.05) is 7.11 Å². The summed E-state index contributed by atoms with van der Waals surface area (Å²) in [4.78, 5) is 22.3. The number of carbonyl (C=O) groups excluding carboxylic acids is 1. The van der Waals surface area contributed by atoms with Crippen LogP contribution in [0.3, 0.4) is 0 Å². The third-order valence-electron chi connectivity index (χ3n) is 3.14. The molecule has 1 aliphatic rings. The topological polar surface area (TPSA) is 84.8 Å². The number of hydrogen-bond acceptors (Lipinski definition) is 7. The highest BCUT2D eigenvalue weighted by Crippen LogP contribution is 2.43. The van der Waals surface area contributed by atoms with Crippen LogP contribution in [0.4, 0.5) is 5.82 Å². The van der Waals surface area contributed by atoms with Crippen molar-refractivity contribution in [2.75, 3.05) is 38.5 Å². The van der Waals surface area contributed by atoms with Crippen LogP contribution in [0.2, 0.25) is 0 Å². The average molecular weight is 299 g/mol. The molecule has 1 amide bonds. The van der Waals surface area contributed by atoms with Crippen LogP contribution in [-0.2, 0) is 15.1 Å². The lowest BCUT2D eigenvalue weighted by Crippen LogP contribution is -2.39. The number of anilines is 1. The normalized spacial score (nSPS) is 21.2. The summed E-state index contributed by atoms with van der Waals surface area (Å²) in [7, 11) is 3.00. The average Bonchev–Trinajstić information content (AvgIpc) is 2.64. The molecule has 20 heavy (non-hydrogen) atoms. The van der Waals surface area contributed by atoms with Crippen LogP contribution in [-0.4, -0.2) is 54.6 Å². The van der Waals surface area contributed by atoms with Crippen molar-refractivity contribution in [3.63, 3.8) is 0 Å². The summed E-state index contributed by atoms with van der Waals surface area (Å²) in [6.07, 6.45) is 1.83. The summed E-state index contributed by atoms with van der Waals surface area (Å²) >= 11 is 1.34. The Hall–Kier alpha value is -1.38. The molecule has 110 valence electrons. The molecule has 0 aromatic carbocycles. The second kappa shape index (κ2) is 5.55. The standard InChI is InChI=1S/C12H17N3O4S/c1-12(17)7-8(15(10(12)16)5-6-18-2)13-11(20-4)14-9(7)19-3/h17H,5-6H2,1-4H3. The van der Waals surface area contributed by atoms with Crippen LogP contribution in [0.25, 0.3) is 0 Å². The minimum absolute atomic E-state index is 0.220. The Morgan fingerprint density at radius 3 is 2.65 bits per heavy atom. The number of thioether (sulfide) groups is 1. The number of hydrogen-bond donors (Lipinski definition) is 1. The zero-order valence-electron chi connectivity index (χ0n) is 11.8. The van der Waals surface area contributed by atoms with E-state index in [9.17, 15) is 9.90 Å². The largest absolute Gasteiger partial charge is 0.481 e. The van der Waals surface area contributed by atoms with Crippen molar-refractivity contribution in [3.05, 3.63) is 5.56 Å². The van der Waals surface area contributed by atoms with Crippen molar-refractivity contribution in [2.24, 2.45) is 0 Å². The molecule has 1 aromatic rings. The van der Waals surface area contributed by atoms with E-state index in [0.717, 1.165) is 0 Å². The lowest BCUT2D eigenvalue weighted by atomic mass is 10.0. The first-order valence-corrected chi connectivity index (χ1v) is 7.23. The molecule has 7 nitrogen and oxygen atoms in total. The molecule has 0 fully saturated rings. The maximum atomic E-state index is 12.3. The number of methoxy groups -OCH3 is 2. The molecule has 1 N–H and O–H groups in total. The molecule has 0 saturated carbocycles. The fourth-order valence-corrected chi connectivity index (χ4v) is 2.48. The highest BCUT2D eigenvalue weighted by Gasteiger charge is 2.50. The first kappa shape index (κ1) is 15.0. The first-order valence-electron chi connectivity index (χ1n) is 6.01. The van der Waals surface area contributed by atoms with Crippen molar-refractivity contribution in [1.82, 2.24) is 9.97 Å². The van der Waals surface area contributed by atoms with E-state index < -0.39 is 11.5 Å². The van der Waals surface area contributed by atoms with Crippen molar-refractivity contribution in [1.29, 1.82) is 0 Å². The number of fused-ring (bicyclic) bond motifs is 1. The van der Waals surface area contributed by atoms with Crippen LogP contribution < -0.4 is 9.64 Å². The number of aliphatic hydroxyl groups is 1. The van der Waals surface area contributed by atoms with E-state index in [0.29, 0.717) is 29.7 Å². The molecular formula is C12H17N3O4S. The summed E-state index contributed by atoms with van der Waals surface area (Å²) in [5.74, 6) is 0.154. The van der Waals surface area contributed by atoms with E-state index in [-0.39, 0.29) is 5.88 Å². The second-order valence-electron chi connectivity index (χ2n) is 4.44. The lowest BCUT2D eigenvalue weighted by Gasteiger charge is -2.18. The van der Waals surface area contributed by atoms with Gasteiger partial charge in [-0.3, -0.25) is 9.69 Å². The molecule has 0 saturated heterocycles. The second-order valence-corrected chi connectivity index (χ2v) is 5.21. The summed E-state index contributed by atoms with van der Waals surface area (Å²) in [5, 5.41) is 10.9. The monoisotopic (exact) mass is 299 g/mol. The van der Waals surface area contributed by atoms with Crippen LogP contribution in [0, 0.1) is 0 Å². The van der Waals surface area contributed by atoms with E-state index in [4.69, 9.17) is 9.47 Å². The van der Waals surface area contributed by atoms with E-state index in [1.54, 1.807) is 7.11 Å².